The smallest absolute Gasteiger partial charge is 0.211 e. The third kappa shape index (κ3) is 6.09. The van der Waals surface area contributed by atoms with Crippen LogP contribution in [0.1, 0.15) is 50.8 Å². The molecule has 0 heterocycles. The fourth-order valence-electron chi connectivity index (χ4n) is 3.39. The van der Waals surface area contributed by atoms with Gasteiger partial charge in [0.15, 0.2) is 0 Å². The zero-order chi connectivity index (χ0) is 21.4. The van der Waals surface area contributed by atoms with Crippen LogP contribution in [-0.4, -0.2) is 18.0 Å². The van der Waals surface area contributed by atoms with Gasteiger partial charge in [-0.25, -0.2) is 5.84 Å². The lowest BCUT2D eigenvalue weighted by molar-refractivity contribution is -0.105. The lowest BCUT2D eigenvalue weighted by atomic mass is 9.94. The summed E-state index contributed by atoms with van der Waals surface area (Å²) in [6.45, 7) is 9.30. The Morgan fingerprint density at radius 1 is 1.00 bits per heavy atom. The standard InChI is InChI=1S/C24H34N4O/c1-17(2)13-14-19-9-5-6-10-20(19)23(25)24(28(26)15-18(3)4)21-11-7-8-12-22(21)27-16-29/h5-12,16-18H,13-15,25-26H2,1-4H3,(H,27,29)/b24-23-. The van der Waals surface area contributed by atoms with Gasteiger partial charge in [0.25, 0.3) is 0 Å². The second kappa shape index (κ2) is 10.7. The molecular weight excluding hydrogens is 360 g/mol. The number of amides is 1. The van der Waals surface area contributed by atoms with Crippen molar-refractivity contribution in [2.24, 2.45) is 23.4 Å². The third-order valence-electron chi connectivity index (χ3n) is 4.80. The number of nitrogens with one attached hydrogen (secondary N) is 1. The van der Waals surface area contributed by atoms with E-state index in [-0.39, 0.29) is 0 Å². The van der Waals surface area contributed by atoms with Crippen LogP contribution in [0.2, 0.25) is 0 Å². The molecular formula is C24H34N4O. The van der Waals surface area contributed by atoms with Gasteiger partial charge in [-0.15, -0.1) is 0 Å². The Labute approximate surface area is 174 Å². The van der Waals surface area contributed by atoms with E-state index in [1.807, 2.05) is 42.5 Å². The Kier molecular flexibility index (Phi) is 8.28. The van der Waals surface area contributed by atoms with Crippen LogP contribution in [0.25, 0.3) is 11.4 Å². The summed E-state index contributed by atoms with van der Waals surface area (Å²) >= 11 is 0. The highest BCUT2D eigenvalue weighted by Gasteiger charge is 2.19. The first-order valence-corrected chi connectivity index (χ1v) is 10.2. The van der Waals surface area contributed by atoms with Crippen molar-refractivity contribution in [1.29, 1.82) is 0 Å². The quantitative estimate of drug-likeness (QED) is 0.240. The van der Waals surface area contributed by atoms with Crippen molar-refractivity contribution in [1.82, 2.24) is 5.01 Å². The van der Waals surface area contributed by atoms with Gasteiger partial charge in [-0.2, -0.15) is 0 Å². The van der Waals surface area contributed by atoms with Crippen molar-refractivity contribution < 1.29 is 4.79 Å². The SMILES string of the molecule is CC(C)CCc1ccccc1/C(N)=C(\c1ccccc1NC=O)N(N)CC(C)C. The fourth-order valence-corrected chi connectivity index (χ4v) is 3.39. The molecule has 5 N–H and O–H groups in total. The van der Waals surface area contributed by atoms with Crippen LogP contribution in [0.15, 0.2) is 48.5 Å². The van der Waals surface area contributed by atoms with Crippen molar-refractivity contribution in [3.63, 3.8) is 0 Å². The van der Waals surface area contributed by atoms with E-state index in [0.29, 0.717) is 36.2 Å². The number of para-hydroxylation sites is 1. The zero-order valence-electron chi connectivity index (χ0n) is 18.0. The molecule has 0 spiro atoms. The summed E-state index contributed by atoms with van der Waals surface area (Å²) in [6, 6.07) is 15.8. The van der Waals surface area contributed by atoms with Crippen molar-refractivity contribution in [2.45, 2.75) is 40.5 Å². The first-order chi connectivity index (χ1) is 13.8. The number of nitrogens with two attached hydrogens (primary N) is 2. The van der Waals surface area contributed by atoms with Crippen LogP contribution >= 0.6 is 0 Å². The lowest BCUT2D eigenvalue weighted by Crippen LogP contribution is -2.34. The molecule has 0 aliphatic carbocycles. The summed E-state index contributed by atoms with van der Waals surface area (Å²) in [7, 11) is 0. The first kappa shape index (κ1) is 22.5. The molecule has 2 rings (SSSR count). The molecule has 0 bridgehead atoms. The van der Waals surface area contributed by atoms with Gasteiger partial charge < -0.3 is 16.1 Å². The number of nitrogens with zero attached hydrogens (tertiary/aromatic N) is 1. The number of anilines is 1. The van der Waals surface area contributed by atoms with E-state index >= 15 is 0 Å². The molecule has 2 aromatic rings. The summed E-state index contributed by atoms with van der Waals surface area (Å²) < 4.78 is 0. The number of benzene rings is 2. The van der Waals surface area contributed by atoms with E-state index in [9.17, 15) is 4.79 Å². The summed E-state index contributed by atoms with van der Waals surface area (Å²) in [5, 5.41) is 4.47. The molecule has 5 heteroatoms. The van der Waals surface area contributed by atoms with Gasteiger partial charge >= 0.3 is 0 Å². The highest BCUT2D eigenvalue weighted by atomic mass is 16.1. The van der Waals surface area contributed by atoms with Crippen LogP contribution in [0.5, 0.6) is 0 Å². The molecule has 0 atom stereocenters. The normalized spacial score (nSPS) is 12.1. The van der Waals surface area contributed by atoms with Crippen LogP contribution in [-0.2, 0) is 11.2 Å². The second-order valence-electron chi connectivity index (χ2n) is 8.21. The Morgan fingerprint density at radius 2 is 1.62 bits per heavy atom. The highest BCUT2D eigenvalue weighted by molar-refractivity contribution is 5.94. The Bertz CT molecular complexity index is 842. The number of hydrogen-bond donors (Lipinski definition) is 3. The Hall–Kier alpha value is -2.79. The molecule has 0 saturated carbocycles. The maximum atomic E-state index is 11.1. The average Bonchev–Trinajstić information content (AvgIpc) is 2.67. The predicted molar refractivity (Wildman–Crippen MR) is 122 cm³/mol. The summed E-state index contributed by atoms with van der Waals surface area (Å²) in [5.74, 6) is 7.47. The molecule has 29 heavy (non-hydrogen) atoms. The second-order valence-corrected chi connectivity index (χ2v) is 8.21. The monoisotopic (exact) mass is 394 g/mol. The molecule has 0 radical (unpaired) electrons. The molecule has 5 nitrogen and oxygen atoms in total. The van der Waals surface area contributed by atoms with Crippen molar-refractivity contribution in [3.05, 3.63) is 65.2 Å². The summed E-state index contributed by atoms with van der Waals surface area (Å²) in [6.07, 6.45) is 2.71. The van der Waals surface area contributed by atoms with Crippen molar-refractivity contribution in [3.8, 4) is 0 Å². The summed E-state index contributed by atoms with van der Waals surface area (Å²) in [4.78, 5) is 11.1. The lowest BCUT2D eigenvalue weighted by Gasteiger charge is -2.28. The number of aryl methyl sites for hydroxylation is 1. The van der Waals surface area contributed by atoms with Crippen LogP contribution in [0, 0.1) is 11.8 Å². The van der Waals surface area contributed by atoms with E-state index in [4.69, 9.17) is 11.6 Å². The van der Waals surface area contributed by atoms with Gasteiger partial charge in [-0.1, -0.05) is 70.2 Å². The van der Waals surface area contributed by atoms with E-state index in [2.05, 4.69) is 39.1 Å². The molecule has 0 fully saturated rings. The molecule has 0 unspecified atom stereocenters. The Balaban J connectivity index is 2.65. The maximum Gasteiger partial charge on any atom is 0.211 e. The molecule has 0 aromatic heterocycles. The zero-order valence-corrected chi connectivity index (χ0v) is 18.0. The number of hydrazine groups is 1. The molecule has 1 amide bonds. The predicted octanol–water partition coefficient (Wildman–Crippen LogP) is 4.46. The average molecular weight is 395 g/mol. The summed E-state index contributed by atoms with van der Waals surface area (Å²) in [5.41, 5.74) is 11.8. The molecule has 0 saturated heterocycles. The van der Waals surface area contributed by atoms with Crippen molar-refractivity contribution in [2.75, 3.05) is 11.9 Å². The number of carbonyl (C=O) groups excluding carboxylic acids is 1. The largest absolute Gasteiger partial charge is 0.396 e. The van der Waals surface area contributed by atoms with E-state index in [1.54, 1.807) is 5.01 Å². The topological polar surface area (TPSA) is 84.4 Å². The van der Waals surface area contributed by atoms with E-state index in [1.165, 1.54) is 5.56 Å². The molecule has 156 valence electrons. The first-order valence-electron chi connectivity index (χ1n) is 10.2. The Morgan fingerprint density at radius 3 is 2.24 bits per heavy atom. The molecule has 0 aliphatic rings. The fraction of sp³-hybridized carbons (Fsp3) is 0.375. The van der Waals surface area contributed by atoms with Crippen LogP contribution < -0.4 is 16.9 Å². The van der Waals surface area contributed by atoms with Crippen molar-refractivity contribution >= 4 is 23.5 Å². The number of carbonyl (C=O) groups is 1. The van der Waals surface area contributed by atoms with Gasteiger partial charge in [0.05, 0.1) is 11.4 Å². The number of hydrogen-bond acceptors (Lipinski definition) is 4. The van der Waals surface area contributed by atoms with Gasteiger partial charge in [0.1, 0.15) is 0 Å². The van der Waals surface area contributed by atoms with Crippen LogP contribution in [0.3, 0.4) is 0 Å². The minimum absolute atomic E-state index is 0.352. The molecule has 2 aromatic carbocycles. The van der Waals surface area contributed by atoms with E-state index < -0.39 is 0 Å². The van der Waals surface area contributed by atoms with E-state index in [0.717, 1.165) is 29.7 Å². The highest BCUT2D eigenvalue weighted by Crippen LogP contribution is 2.32. The third-order valence-corrected chi connectivity index (χ3v) is 4.80. The minimum atomic E-state index is 0.352. The van der Waals surface area contributed by atoms with Gasteiger partial charge in [0.2, 0.25) is 6.41 Å². The van der Waals surface area contributed by atoms with Crippen LogP contribution in [0.4, 0.5) is 5.69 Å². The molecule has 0 aliphatic heterocycles. The van der Waals surface area contributed by atoms with Gasteiger partial charge in [-0.05, 0) is 36.3 Å². The van der Waals surface area contributed by atoms with Gasteiger partial charge in [0, 0.05) is 23.4 Å². The number of rotatable bonds is 10. The van der Waals surface area contributed by atoms with Gasteiger partial charge in [-0.3, -0.25) is 4.79 Å². The maximum absolute atomic E-state index is 11.1. The minimum Gasteiger partial charge on any atom is -0.396 e.